The molecule has 5 nitrogen and oxygen atoms in total. The molecule has 1 aromatic carbocycles. The number of ketones is 1. The zero-order valence-corrected chi connectivity index (χ0v) is 13.9. The first-order chi connectivity index (χ1) is 10.5. The van der Waals surface area contributed by atoms with Crippen molar-refractivity contribution in [2.45, 2.75) is 13.5 Å². The minimum absolute atomic E-state index is 0.0642. The molecule has 0 atom stereocenters. The molecular weight excluding hydrogens is 351 g/mol. The number of benzene rings is 1. The minimum atomic E-state index is -0.463. The maximum atomic E-state index is 12.5. The average Bonchev–Trinajstić information content (AvgIpc) is 2.87. The Morgan fingerprint density at radius 1 is 1.36 bits per heavy atom. The Labute approximate surface area is 142 Å². The Morgan fingerprint density at radius 2 is 2.09 bits per heavy atom. The largest absolute Gasteiger partial charge is 0.493 e. The van der Waals surface area contributed by atoms with Gasteiger partial charge in [0.2, 0.25) is 11.7 Å². The first-order valence-electron chi connectivity index (χ1n) is 6.47. The van der Waals surface area contributed by atoms with Crippen LogP contribution in [0.1, 0.15) is 22.8 Å². The van der Waals surface area contributed by atoms with E-state index in [4.69, 9.17) is 39.5 Å². The molecule has 22 heavy (non-hydrogen) atoms. The van der Waals surface area contributed by atoms with E-state index in [1.54, 1.807) is 6.92 Å². The Hall–Kier alpha value is -1.43. The van der Waals surface area contributed by atoms with Gasteiger partial charge in [-0.2, -0.15) is 5.10 Å². The summed E-state index contributed by atoms with van der Waals surface area (Å²) in [6, 6.07) is 2.98. The number of ether oxygens (including phenoxy) is 1. The van der Waals surface area contributed by atoms with E-state index in [1.165, 1.54) is 23.0 Å². The predicted molar refractivity (Wildman–Crippen MR) is 85.7 cm³/mol. The second-order valence-electron chi connectivity index (χ2n) is 4.30. The first-order valence-corrected chi connectivity index (χ1v) is 7.76. The van der Waals surface area contributed by atoms with Gasteiger partial charge < -0.3 is 9.84 Å². The standard InChI is InChI=1S/C14H13Cl3N2O3/c1-2-19-14(21)9(7-18-19)12(20)8-3-4-10(16)13(11(8)17)22-6-5-15/h3-4,7,21H,2,5-6H2,1H3. The number of rotatable bonds is 6. The van der Waals surface area contributed by atoms with Gasteiger partial charge in [0, 0.05) is 12.1 Å². The van der Waals surface area contributed by atoms with Gasteiger partial charge in [-0.3, -0.25) is 4.79 Å². The van der Waals surface area contributed by atoms with E-state index in [1.807, 2.05) is 0 Å². The maximum absolute atomic E-state index is 12.5. The van der Waals surface area contributed by atoms with Crippen LogP contribution in [-0.2, 0) is 6.54 Å². The van der Waals surface area contributed by atoms with Crippen LogP contribution in [0.2, 0.25) is 10.0 Å². The smallest absolute Gasteiger partial charge is 0.220 e. The Balaban J connectivity index is 2.43. The third kappa shape index (κ3) is 3.16. The fourth-order valence-electron chi connectivity index (χ4n) is 1.90. The lowest BCUT2D eigenvalue weighted by molar-refractivity contribution is 0.103. The first kappa shape index (κ1) is 16.9. The van der Waals surface area contributed by atoms with Crippen molar-refractivity contribution in [1.29, 1.82) is 0 Å². The van der Waals surface area contributed by atoms with Crippen LogP contribution in [0.5, 0.6) is 11.6 Å². The van der Waals surface area contributed by atoms with Gasteiger partial charge >= 0.3 is 0 Å². The molecule has 0 aliphatic carbocycles. The van der Waals surface area contributed by atoms with Gasteiger partial charge in [-0.1, -0.05) is 23.2 Å². The number of hydrogen-bond donors (Lipinski definition) is 1. The minimum Gasteiger partial charge on any atom is -0.493 e. The van der Waals surface area contributed by atoms with Crippen LogP contribution in [0, 0.1) is 0 Å². The van der Waals surface area contributed by atoms with Crippen LogP contribution in [-0.4, -0.2) is 33.2 Å². The van der Waals surface area contributed by atoms with Crippen molar-refractivity contribution >= 4 is 40.6 Å². The number of nitrogens with zero attached hydrogens (tertiary/aromatic N) is 2. The van der Waals surface area contributed by atoms with Crippen LogP contribution in [0.15, 0.2) is 18.3 Å². The molecule has 0 saturated heterocycles. The Morgan fingerprint density at radius 3 is 2.68 bits per heavy atom. The summed E-state index contributed by atoms with van der Waals surface area (Å²) in [5.74, 6) is -0.219. The van der Waals surface area contributed by atoms with Crippen molar-refractivity contribution in [3.63, 3.8) is 0 Å². The van der Waals surface area contributed by atoms with Crippen molar-refractivity contribution < 1.29 is 14.6 Å². The lowest BCUT2D eigenvalue weighted by atomic mass is 10.1. The molecule has 118 valence electrons. The van der Waals surface area contributed by atoms with Crippen LogP contribution in [0.25, 0.3) is 0 Å². The summed E-state index contributed by atoms with van der Waals surface area (Å²) in [6.07, 6.45) is 1.30. The van der Waals surface area contributed by atoms with E-state index in [2.05, 4.69) is 5.10 Å². The number of aromatic hydroxyl groups is 1. The van der Waals surface area contributed by atoms with E-state index in [0.717, 1.165) is 0 Å². The molecule has 0 bridgehead atoms. The van der Waals surface area contributed by atoms with Gasteiger partial charge in [0.1, 0.15) is 12.2 Å². The highest BCUT2D eigenvalue weighted by molar-refractivity contribution is 6.40. The molecule has 0 aliphatic rings. The van der Waals surface area contributed by atoms with Gasteiger partial charge in [-0.15, -0.1) is 11.6 Å². The number of aryl methyl sites for hydroxylation is 1. The highest BCUT2D eigenvalue weighted by atomic mass is 35.5. The number of aromatic nitrogens is 2. The summed E-state index contributed by atoms with van der Waals surface area (Å²) in [5.41, 5.74) is 0.232. The van der Waals surface area contributed by atoms with Crippen LogP contribution in [0.3, 0.4) is 0 Å². The van der Waals surface area contributed by atoms with Crippen LogP contribution in [0.4, 0.5) is 0 Å². The summed E-state index contributed by atoms with van der Waals surface area (Å²) in [7, 11) is 0. The van der Waals surface area contributed by atoms with Crippen molar-refractivity contribution in [3.05, 3.63) is 39.5 Å². The third-order valence-electron chi connectivity index (χ3n) is 2.97. The van der Waals surface area contributed by atoms with Gasteiger partial charge in [0.05, 0.1) is 22.1 Å². The molecule has 1 aromatic heterocycles. The van der Waals surface area contributed by atoms with Crippen molar-refractivity contribution in [3.8, 4) is 11.6 Å². The normalized spacial score (nSPS) is 10.7. The molecule has 0 fully saturated rings. The second kappa shape index (κ2) is 7.22. The highest BCUT2D eigenvalue weighted by Gasteiger charge is 2.23. The number of carbonyl (C=O) groups excluding carboxylic acids is 1. The SMILES string of the molecule is CCn1ncc(C(=O)c2ccc(Cl)c(OCCCl)c2Cl)c1O. The van der Waals surface area contributed by atoms with Crippen LogP contribution >= 0.6 is 34.8 Å². The van der Waals surface area contributed by atoms with E-state index >= 15 is 0 Å². The molecule has 0 spiro atoms. The second-order valence-corrected chi connectivity index (χ2v) is 5.47. The predicted octanol–water partition coefficient (Wildman–Crippen LogP) is 3.76. The van der Waals surface area contributed by atoms with E-state index < -0.39 is 5.78 Å². The summed E-state index contributed by atoms with van der Waals surface area (Å²) in [6.45, 7) is 2.45. The number of carbonyl (C=O) groups is 1. The molecule has 2 rings (SSSR count). The molecular formula is C14H13Cl3N2O3. The zero-order valence-electron chi connectivity index (χ0n) is 11.6. The van der Waals surface area contributed by atoms with Crippen molar-refractivity contribution in [1.82, 2.24) is 9.78 Å². The maximum Gasteiger partial charge on any atom is 0.220 e. The molecule has 1 heterocycles. The Kier molecular flexibility index (Phi) is 5.56. The molecule has 0 aliphatic heterocycles. The molecule has 1 N–H and O–H groups in total. The van der Waals surface area contributed by atoms with E-state index in [-0.39, 0.29) is 45.3 Å². The van der Waals surface area contributed by atoms with Gasteiger partial charge in [-0.25, -0.2) is 4.68 Å². The van der Waals surface area contributed by atoms with Gasteiger partial charge in [-0.05, 0) is 19.1 Å². The summed E-state index contributed by atoms with van der Waals surface area (Å²) >= 11 is 17.8. The third-order valence-corrected chi connectivity index (χ3v) is 3.80. The molecule has 0 saturated carbocycles. The number of halogens is 3. The van der Waals surface area contributed by atoms with Crippen LogP contribution < -0.4 is 4.74 Å². The summed E-state index contributed by atoms with van der Waals surface area (Å²) in [5, 5.41) is 14.3. The van der Waals surface area contributed by atoms with Gasteiger partial charge in [0.25, 0.3) is 0 Å². The molecule has 0 unspecified atom stereocenters. The molecule has 0 radical (unpaired) electrons. The summed E-state index contributed by atoms with van der Waals surface area (Å²) < 4.78 is 6.68. The fourth-order valence-corrected chi connectivity index (χ4v) is 2.54. The molecule has 8 heteroatoms. The monoisotopic (exact) mass is 362 g/mol. The topological polar surface area (TPSA) is 64.4 Å². The van der Waals surface area contributed by atoms with Crippen molar-refractivity contribution in [2.75, 3.05) is 12.5 Å². The Bertz CT molecular complexity index is 701. The van der Waals surface area contributed by atoms with Crippen molar-refractivity contribution in [2.24, 2.45) is 0 Å². The fraction of sp³-hybridized carbons (Fsp3) is 0.286. The highest BCUT2D eigenvalue weighted by Crippen LogP contribution is 2.37. The lowest BCUT2D eigenvalue weighted by Crippen LogP contribution is -2.05. The molecule has 2 aromatic rings. The molecule has 0 amide bonds. The average molecular weight is 364 g/mol. The lowest BCUT2D eigenvalue weighted by Gasteiger charge is -2.11. The van der Waals surface area contributed by atoms with E-state index in [0.29, 0.717) is 6.54 Å². The van der Waals surface area contributed by atoms with E-state index in [9.17, 15) is 9.90 Å². The summed E-state index contributed by atoms with van der Waals surface area (Å²) in [4.78, 5) is 12.5. The van der Waals surface area contributed by atoms with Gasteiger partial charge in [0.15, 0.2) is 5.75 Å². The number of alkyl halides is 1. The zero-order chi connectivity index (χ0) is 16.3. The quantitative estimate of drug-likeness (QED) is 0.627. The number of hydrogen-bond acceptors (Lipinski definition) is 4.